The summed E-state index contributed by atoms with van der Waals surface area (Å²) in [5.41, 5.74) is 0. The van der Waals surface area contributed by atoms with Gasteiger partial charge in [-0.1, -0.05) is 6.07 Å². The highest BCUT2D eigenvalue weighted by atomic mass is 32.1. The highest BCUT2D eigenvalue weighted by Crippen LogP contribution is 2.17. The van der Waals surface area contributed by atoms with E-state index in [-0.39, 0.29) is 24.9 Å². The van der Waals surface area contributed by atoms with Crippen LogP contribution < -0.4 is 0 Å². The Morgan fingerprint density at radius 2 is 2.16 bits per heavy atom. The number of carbonyl (C=O) groups is 2. The summed E-state index contributed by atoms with van der Waals surface area (Å²) >= 11 is 1.51. The third-order valence-electron chi connectivity index (χ3n) is 3.16. The van der Waals surface area contributed by atoms with E-state index in [0.717, 1.165) is 4.88 Å². The smallest absolute Gasteiger partial charge is 0.323 e. The summed E-state index contributed by atoms with van der Waals surface area (Å²) in [6.45, 7) is 0.953. The van der Waals surface area contributed by atoms with Gasteiger partial charge in [0.1, 0.15) is 6.54 Å². The molecule has 0 unspecified atom stereocenters. The van der Waals surface area contributed by atoms with E-state index in [1.807, 2.05) is 17.5 Å². The van der Waals surface area contributed by atoms with Crippen LogP contribution >= 0.6 is 11.3 Å². The fourth-order valence-corrected chi connectivity index (χ4v) is 2.92. The largest absolute Gasteiger partial charge is 0.480 e. The highest BCUT2D eigenvalue weighted by molar-refractivity contribution is 7.10. The molecule has 2 rings (SSSR count). The molecule has 1 amide bonds. The number of ether oxygens (including phenoxy) is 1. The molecule has 0 bridgehead atoms. The van der Waals surface area contributed by atoms with Gasteiger partial charge >= 0.3 is 5.97 Å². The second kappa shape index (κ2) is 6.68. The van der Waals surface area contributed by atoms with Gasteiger partial charge in [-0.25, -0.2) is 0 Å². The first-order valence-electron chi connectivity index (χ1n) is 6.28. The van der Waals surface area contributed by atoms with Crippen LogP contribution in [0.3, 0.4) is 0 Å². The maximum atomic E-state index is 12.3. The molecule has 1 N–H and O–H groups in total. The van der Waals surface area contributed by atoms with Gasteiger partial charge in [-0.15, -0.1) is 11.3 Å². The Labute approximate surface area is 115 Å². The van der Waals surface area contributed by atoms with Crippen molar-refractivity contribution in [2.75, 3.05) is 19.8 Å². The van der Waals surface area contributed by atoms with Crippen molar-refractivity contribution in [2.24, 2.45) is 0 Å². The summed E-state index contributed by atoms with van der Waals surface area (Å²) in [5, 5.41) is 10.9. The van der Waals surface area contributed by atoms with Gasteiger partial charge in [-0.2, -0.15) is 0 Å². The Hall–Kier alpha value is -1.40. The lowest BCUT2D eigenvalue weighted by Gasteiger charge is -2.33. The molecule has 5 nitrogen and oxygen atoms in total. The highest BCUT2D eigenvalue weighted by Gasteiger charge is 2.27. The molecule has 0 spiro atoms. The number of carboxylic acid groups (broad SMARTS) is 1. The molecule has 1 fully saturated rings. The normalized spacial score (nSPS) is 16.2. The molecule has 2 heterocycles. The lowest BCUT2D eigenvalue weighted by molar-refractivity contribution is -0.147. The molecule has 0 atom stereocenters. The Kier molecular flexibility index (Phi) is 4.93. The molecule has 0 aromatic carbocycles. The van der Waals surface area contributed by atoms with Gasteiger partial charge < -0.3 is 14.7 Å². The average Bonchev–Trinajstić information content (AvgIpc) is 2.89. The van der Waals surface area contributed by atoms with Crippen molar-refractivity contribution in [2.45, 2.75) is 25.3 Å². The first kappa shape index (κ1) is 14.0. The Balaban J connectivity index is 2.02. The van der Waals surface area contributed by atoms with Gasteiger partial charge in [0.15, 0.2) is 0 Å². The van der Waals surface area contributed by atoms with Gasteiger partial charge in [0, 0.05) is 24.1 Å². The number of carbonyl (C=O) groups excluding carboxylic acids is 1. The molecule has 1 aromatic rings. The lowest BCUT2D eigenvalue weighted by atomic mass is 10.1. The second-order valence-corrected chi connectivity index (χ2v) is 5.55. The SMILES string of the molecule is O=C(O)CN(C(=O)Cc1cccs1)C1CCOCC1. The van der Waals surface area contributed by atoms with Crippen LogP contribution in [0.5, 0.6) is 0 Å². The predicted octanol–water partition coefficient (Wildman–Crippen LogP) is 1.38. The van der Waals surface area contributed by atoms with Crippen LogP contribution in [0.4, 0.5) is 0 Å². The van der Waals surface area contributed by atoms with Crippen LogP contribution in [-0.2, 0) is 20.7 Å². The summed E-state index contributed by atoms with van der Waals surface area (Å²) in [5.74, 6) is -1.08. The second-order valence-electron chi connectivity index (χ2n) is 4.52. The molecule has 6 heteroatoms. The van der Waals surface area contributed by atoms with E-state index in [4.69, 9.17) is 9.84 Å². The van der Waals surface area contributed by atoms with Crippen molar-refractivity contribution in [1.29, 1.82) is 0 Å². The predicted molar refractivity (Wildman–Crippen MR) is 71.2 cm³/mol. The summed E-state index contributed by atoms with van der Waals surface area (Å²) < 4.78 is 5.26. The van der Waals surface area contributed by atoms with Crippen molar-refractivity contribution < 1.29 is 19.4 Å². The van der Waals surface area contributed by atoms with Crippen LogP contribution in [0.15, 0.2) is 17.5 Å². The van der Waals surface area contributed by atoms with Crippen LogP contribution in [-0.4, -0.2) is 47.7 Å². The zero-order valence-corrected chi connectivity index (χ0v) is 11.4. The Bertz CT molecular complexity index is 426. The van der Waals surface area contributed by atoms with Crippen molar-refractivity contribution in [3.8, 4) is 0 Å². The maximum absolute atomic E-state index is 12.3. The van der Waals surface area contributed by atoms with Crippen LogP contribution in [0.25, 0.3) is 0 Å². The zero-order valence-electron chi connectivity index (χ0n) is 10.6. The summed E-state index contributed by atoms with van der Waals surface area (Å²) in [6.07, 6.45) is 1.70. The molecular weight excluding hydrogens is 266 g/mol. The third-order valence-corrected chi connectivity index (χ3v) is 4.04. The zero-order chi connectivity index (χ0) is 13.7. The fraction of sp³-hybridized carbons (Fsp3) is 0.538. The van der Waals surface area contributed by atoms with Gasteiger partial charge in [-0.05, 0) is 24.3 Å². The van der Waals surface area contributed by atoms with Crippen molar-refractivity contribution >= 4 is 23.2 Å². The van der Waals surface area contributed by atoms with E-state index in [0.29, 0.717) is 26.1 Å². The van der Waals surface area contributed by atoms with Crippen LogP contribution in [0, 0.1) is 0 Å². The minimum absolute atomic E-state index is 0.0164. The molecule has 0 saturated carbocycles. The molecule has 0 radical (unpaired) electrons. The minimum Gasteiger partial charge on any atom is -0.480 e. The van der Waals surface area contributed by atoms with Crippen molar-refractivity contribution in [1.82, 2.24) is 4.90 Å². The van der Waals surface area contributed by atoms with E-state index in [1.165, 1.54) is 16.2 Å². The van der Waals surface area contributed by atoms with Crippen molar-refractivity contribution in [3.05, 3.63) is 22.4 Å². The van der Waals surface area contributed by atoms with Crippen molar-refractivity contribution in [3.63, 3.8) is 0 Å². The Morgan fingerprint density at radius 1 is 1.42 bits per heavy atom. The molecule has 1 aromatic heterocycles. The van der Waals surface area contributed by atoms with E-state index >= 15 is 0 Å². The molecular formula is C13H17NO4S. The number of aliphatic carboxylic acids is 1. The summed E-state index contributed by atoms with van der Waals surface area (Å²) in [4.78, 5) is 25.7. The first-order valence-corrected chi connectivity index (χ1v) is 7.16. The molecule has 19 heavy (non-hydrogen) atoms. The number of carboxylic acids is 1. The van der Waals surface area contributed by atoms with E-state index < -0.39 is 5.97 Å². The van der Waals surface area contributed by atoms with Gasteiger partial charge in [0.05, 0.1) is 6.42 Å². The minimum atomic E-state index is -0.967. The lowest BCUT2D eigenvalue weighted by Crippen LogP contribution is -2.46. The molecule has 1 aliphatic rings. The average molecular weight is 283 g/mol. The molecule has 0 aliphatic carbocycles. The van der Waals surface area contributed by atoms with Gasteiger partial charge in [-0.3, -0.25) is 9.59 Å². The number of nitrogens with zero attached hydrogens (tertiary/aromatic N) is 1. The molecule has 1 saturated heterocycles. The van der Waals surface area contributed by atoms with Gasteiger partial charge in [0.25, 0.3) is 0 Å². The third kappa shape index (κ3) is 4.04. The van der Waals surface area contributed by atoms with E-state index in [9.17, 15) is 9.59 Å². The first-order chi connectivity index (χ1) is 9.16. The van der Waals surface area contributed by atoms with Crippen LogP contribution in [0.2, 0.25) is 0 Å². The number of rotatable bonds is 5. The number of amides is 1. The summed E-state index contributed by atoms with van der Waals surface area (Å²) in [6, 6.07) is 3.77. The number of hydrogen-bond donors (Lipinski definition) is 1. The summed E-state index contributed by atoms with van der Waals surface area (Å²) in [7, 11) is 0. The maximum Gasteiger partial charge on any atom is 0.323 e. The fourth-order valence-electron chi connectivity index (χ4n) is 2.23. The van der Waals surface area contributed by atoms with Gasteiger partial charge in [0.2, 0.25) is 5.91 Å². The number of hydrogen-bond acceptors (Lipinski definition) is 4. The molecule has 1 aliphatic heterocycles. The van der Waals surface area contributed by atoms with E-state index in [1.54, 1.807) is 0 Å². The quantitative estimate of drug-likeness (QED) is 0.886. The standard InChI is InChI=1S/C13H17NO4S/c15-12(8-11-2-1-7-19-11)14(9-13(16)17)10-3-5-18-6-4-10/h1-2,7,10H,3-6,8-9H2,(H,16,17). The monoisotopic (exact) mass is 283 g/mol. The molecule has 104 valence electrons. The number of thiophene rings is 1. The Morgan fingerprint density at radius 3 is 2.74 bits per heavy atom. The van der Waals surface area contributed by atoms with Crippen LogP contribution in [0.1, 0.15) is 17.7 Å². The topological polar surface area (TPSA) is 66.8 Å². The van der Waals surface area contributed by atoms with E-state index in [2.05, 4.69) is 0 Å².